The Hall–Kier alpha value is -0.860. The first kappa shape index (κ1) is 11.2. The van der Waals surface area contributed by atoms with Gasteiger partial charge in [0.05, 0.1) is 6.10 Å². The van der Waals surface area contributed by atoms with Gasteiger partial charge in [0, 0.05) is 5.54 Å². The van der Waals surface area contributed by atoms with Gasteiger partial charge in [-0.3, -0.25) is 0 Å². The van der Waals surface area contributed by atoms with Crippen LogP contribution in [0.3, 0.4) is 0 Å². The molecule has 0 amide bonds. The van der Waals surface area contributed by atoms with Crippen LogP contribution in [0.25, 0.3) is 0 Å². The van der Waals surface area contributed by atoms with Crippen molar-refractivity contribution >= 4 is 0 Å². The van der Waals surface area contributed by atoms with Crippen molar-refractivity contribution in [1.29, 1.82) is 0 Å². The molecule has 78 valence electrons. The lowest BCUT2D eigenvalue weighted by Crippen LogP contribution is -2.34. The van der Waals surface area contributed by atoms with E-state index in [0.717, 1.165) is 12.0 Å². The predicted molar refractivity (Wildman–Crippen MR) is 59.0 cm³/mol. The summed E-state index contributed by atoms with van der Waals surface area (Å²) in [4.78, 5) is 0. The molecule has 0 aliphatic rings. The Morgan fingerprint density at radius 2 is 1.79 bits per heavy atom. The number of nitrogens with two attached hydrogens (primary N) is 1. The van der Waals surface area contributed by atoms with Crippen LogP contribution in [-0.2, 0) is 6.42 Å². The molecular formula is C12H19NO. The molecule has 0 aliphatic carbocycles. The minimum atomic E-state index is -0.394. The normalized spacial score (nSPS) is 14.1. The van der Waals surface area contributed by atoms with E-state index in [1.54, 1.807) is 6.92 Å². The molecule has 0 saturated carbocycles. The Bertz CT molecular complexity index is 282. The van der Waals surface area contributed by atoms with E-state index in [1.165, 1.54) is 5.56 Å². The van der Waals surface area contributed by atoms with Crippen LogP contribution < -0.4 is 5.73 Å². The van der Waals surface area contributed by atoms with Gasteiger partial charge in [0.2, 0.25) is 0 Å². The molecule has 1 unspecified atom stereocenters. The molecule has 0 aliphatic heterocycles. The van der Waals surface area contributed by atoms with Crippen molar-refractivity contribution in [3.63, 3.8) is 0 Å². The van der Waals surface area contributed by atoms with Crippen LogP contribution in [0.2, 0.25) is 0 Å². The molecule has 1 aromatic carbocycles. The van der Waals surface area contributed by atoms with Crippen molar-refractivity contribution < 1.29 is 5.11 Å². The van der Waals surface area contributed by atoms with Gasteiger partial charge in [-0.1, -0.05) is 24.3 Å². The summed E-state index contributed by atoms with van der Waals surface area (Å²) in [5.41, 5.74) is 7.90. The molecule has 0 heterocycles. The monoisotopic (exact) mass is 193 g/mol. The van der Waals surface area contributed by atoms with Crippen LogP contribution in [0.15, 0.2) is 24.3 Å². The number of hydrogen-bond donors (Lipinski definition) is 2. The summed E-state index contributed by atoms with van der Waals surface area (Å²) in [6.45, 7) is 5.78. The Labute approximate surface area is 85.8 Å². The highest BCUT2D eigenvalue weighted by Crippen LogP contribution is 2.15. The van der Waals surface area contributed by atoms with Gasteiger partial charge in [0.15, 0.2) is 0 Å². The maximum atomic E-state index is 9.32. The average Bonchev–Trinajstić information content (AvgIpc) is 2.02. The lowest BCUT2D eigenvalue weighted by Gasteiger charge is -2.18. The first-order valence-corrected chi connectivity index (χ1v) is 4.94. The van der Waals surface area contributed by atoms with E-state index in [9.17, 15) is 5.11 Å². The number of aliphatic hydroxyl groups is 1. The first-order chi connectivity index (χ1) is 6.38. The standard InChI is InChI=1S/C12H19NO/c1-9(14)11-6-4-10(5-7-11)8-12(2,3)13/h4-7,9,14H,8,13H2,1-3H3. The molecule has 1 rings (SSSR count). The zero-order chi connectivity index (χ0) is 10.8. The Morgan fingerprint density at radius 1 is 1.29 bits per heavy atom. The first-order valence-electron chi connectivity index (χ1n) is 4.94. The van der Waals surface area contributed by atoms with Gasteiger partial charge in [-0.25, -0.2) is 0 Å². The fraction of sp³-hybridized carbons (Fsp3) is 0.500. The highest BCUT2D eigenvalue weighted by molar-refractivity contribution is 5.24. The minimum Gasteiger partial charge on any atom is -0.389 e. The zero-order valence-corrected chi connectivity index (χ0v) is 9.12. The second-order valence-corrected chi connectivity index (χ2v) is 4.58. The summed E-state index contributed by atoms with van der Waals surface area (Å²) >= 11 is 0. The molecule has 0 aromatic heterocycles. The molecule has 0 fully saturated rings. The van der Waals surface area contributed by atoms with E-state index in [-0.39, 0.29) is 5.54 Å². The average molecular weight is 193 g/mol. The molecule has 0 spiro atoms. The molecule has 3 N–H and O–H groups in total. The molecular weight excluding hydrogens is 174 g/mol. The third-order valence-electron chi connectivity index (χ3n) is 2.12. The fourth-order valence-corrected chi connectivity index (χ4v) is 1.44. The zero-order valence-electron chi connectivity index (χ0n) is 9.12. The summed E-state index contributed by atoms with van der Waals surface area (Å²) in [6.07, 6.45) is 0.461. The van der Waals surface area contributed by atoms with Crippen molar-refractivity contribution in [2.75, 3.05) is 0 Å². The van der Waals surface area contributed by atoms with Gasteiger partial charge in [-0.15, -0.1) is 0 Å². The lowest BCUT2D eigenvalue weighted by molar-refractivity contribution is 0.199. The van der Waals surface area contributed by atoms with Crippen LogP contribution >= 0.6 is 0 Å². The second kappa shape index (κ2) is 4.11. The molecule has 2 nitrogen and oxygen atoms in total. The van der Waals surface area contributed by atoms with E-state index < -0.39 is 6.10 Å². The Morgan fingerprint density at radius 3 is 2.14 bits per heavy atom. The molecule has 2 heteroatoms. The molecule has 1 aromatic rings. The van der Waals surface area contributed by atoms with Crippen LogP contribution in [0.4, 0.5) is 0 Å². The SMILES string of the molecule is CC(O)c1ccc(CC(C)(C)N)cc1. The third-order valence-corrected chi connectivity index (χ3v) is 2.12. The number of benzene rings is 1. The maximum absolute atomic E-state index is 9.32. The van der Waals surface area contributed by atoms with Crippen LogP contribution in [0, 0.1) is 0 Å². The van der Waals surface area contributed by atoms with E-state index in [4.69, 9.17) is 5.73 Å². The molecule has 1 atom stereocenters. The number of rotatable bonds is 3. The second-order valence-electron chi connectivity index (χ2n) is 4.58. The highest BCUT2D eigenvalue weighted by Gasteiger charge is 2.11. The van der Waals surface area contributed by atoms with E-state index in [1.807, 2.05) is 38.1 Å². The van der Waals surface area contributed by atoms with Gasteiger partial charge in [0.1, 0.15) is 0 Å². The van der Waals surface area contributed by atoms with Gasteiger partial charge in [-0.05, 0) is 38.3 Å². The summed E-state index contributed by atoms with van der Waals surface area (Å²) in [7, 11) is 0. The van der Waals surface area contributed by atoms with Gasteiger partial charge >= 0.3 is 0 Å². The van der Waals surface area contributed by atoms with Gasteiger partial charge in [-0.2, -0.15) is 0 Å². The molecule has 0 radical (unpaired) electrons. The van der Waals surface area contributed by atoms with Crippen LogP contribution in [-0.4, -0.2) is 10.6 Å². The van der Waals surface area contributed by atoms with Crippen LogP contribution in [0.5, 0.6) is 0 Å². The largest absolute Gasteiger partial charge is 0.389 e. The summed E-state index contributed by atoms with van der Waals surface area (Å²) in [6, 6.07) is 7.95. The molecule has 0 bridgehead atoms. The summed E-state index contributed by atoms with van der Waals surface area (Å²) in [5, 5.41) is 9.32. The fourth-order valence-electron chi connectivity index (χ4n) is 1.44. The quantitative estimate of drug-likeness (QED) is 0.771. The number of hydrogen-bond acceptors (Lipinski definition) is 2. The molecule has 14 heavy (non-hydrogen) atoms. The Balaban J connectivity index is 2.74. The number of aliphatic hydroxyl groups excluding tert-OH is 1. The third kappa shape index (κ3) is 3.48. The van der Waals surface area contributed by atoms with Crippen LogP contribution in [0.1, 0.15) is 38.0 Å². The predicted octanol–water partition coefficient (Wildman–Crippen LogP) is 2.02. The van der Waals surface area contributed by atoms with E-state index in [2.05, 4.69) is 0 Å². The minimum absolute atomic E-state index is 0.174. The topological polar surface area (TPSA) is 46.2 Å². The van der Waals surface area contributed by atoms with Crippen molar-refractivity contribution in [3.8, 4) is 0 Å². The van der Waals surface area contributed by atoms with Crippen molar-refractivity contribution in [2.24, 2.45) is 5.73 Å². The Kier molecular flexibility index (Phi) is 3.29. The summed E-state index contributed by atoms with van der Waals surface area (Å²) < 4.78 is 0. The van der Waals surface area contributed by atoms with Crippen molar-refractivity contribution in [1.82, 2.24) is 0 Å². The highest BCUT2D eigenvalue weighted by atomic mass is 16.3. The van der Waals surface area contributed by atoms with Crippen molar-refractivity contribution in [3.05, 3.63) is 35.4 Å². The lowest BCUT2D eigenvalue weighted by atomic mass is 9.95. The van der Waals surface area contributed by atoms with Crippen molar-refractivity contribution in [2.45, 2.75) is 38.8 Å². The van der Waals surface area contributed by atoms with E-state index >= 15 is 0 Å². The van der Waals surface area contributed by atoms with Gasteiger partial charge in [0.25, 0.3) is 0 Å². The molecule has 0 saturated heterocycles. The smallest absolute Gasteiger partial charge is 0.0761 e. The summed E-state index contributed by atoms with van der Waals surface area (Å²) in [5.74, 6) is 0. The maximum Gasteiger partial charge on any atom is 0.0761 e. The van der Waals surface area contributed by atoms with Gasteiger partial charge < -0.3 is 10.8 Å². The van der Waals surface area contributed by atoms with E-state index in [0.29, 0.717) is 0 Å².